The fourth-order valence-electron chi connectivity index (χ4n) is 3.48. The summed E-state index contributed by atoms with van der Waals surface area (Å²) in [6, 6.07) is 4.77. The summed E-state index contributed by atoms with van der Waals surface area (Å²) >= 11 is 0. The second kappa shape index (κ2) is 3.31. The molecule has 1 saturated carbocycles. The van der Waals surface area contributed by atoms with Gasteiger partial charge in [-0.05, 0) is 25.0 Å². The molecule has 1 spiro atoms. The van der Waals surface area contributed by atoms with E-state index < -0.39 is 0 Å². The molecule has 3 N–H and O–H groups in total. The van der Waals surface area contributed by atoms with Crippen LogP contribution < -0.4 is 5.73 Å². The molecule has 80 valence electrons. The van der Waals surface area contributed by atoms with E-state index in [0.29, 0.717) is 11.5 Å². The summed E-state index contributed by atoms with van der Waals surface area (Å²) in [5.74, 6) is 0. The van der Waals surface area contributed by atoms with Gasteiger partial charge in [0.2, 0.25) is 0 Å². The standard InChI is InChI=1S/C13H18N2/c14-12-10-5-4-8-15-11(10)9-13(12)6-2-1-3-7-13/h4-5,8,12H,1-3,6-7,9,14H2/p+1. The Morgan fingerprint density at radius 3 is 2.80 bits per heavy atom. The summed E-state index contributed by atoms with van der Waals surface area (Å²) in [4.78, 5) is 4.52. The third-order valence-electron chi connectivity index (χ3n) is 4.41. The Kier molecular flexibility index (Phi) is 2.06. The van der Waals surface area contributed by atoms with E-state index in [-0.39, 0.29) is 0 Å². The van der Waals surface area contributed by atoms with Crippen molar-refractivity contribution in [2.45, 2.75) is 44.6 Å². The van der Waals surface area contributed by atoms with Gasteiger partial charge in [-0.25, -0.2) is 0 Å². The summed E-state index contributed by atoms with van der Waals surface area (Å²) in [6.07, 6.45) is 10.0. The van der Waals surface area contributed by atoms with Crippen molar-refractivity contribution < 1.29 is 5.73 Å². The average Bonchev–Trinajstić information content (AvgIpc) is 2.54. The Morgan fingerprint density at radius 1 is 1.27 bits per heavy atom. The summed E-state index contributed by atoms with van der Waals surface area (Å²) < 4.78 is 0. The normalized spacial score (nSPS) is 27.9. The summed E-state index contributed by atoms with van der Waals surface area (Å²) in [5, 5.41) is 0. The van der Waals surface area contributed by atoms with Crippen molar-refractivity contribution in [1.29, 1.82) is 0 Å². The largest absolute Gasteiger partial charge is 0.351 e. The molecular weight excluding hydrogens is 184 g/mol. The quantitative estimate of drug-likeness (QED) is 0.687. The van der Waals surface area contributed by atoms with Gasteiger partial charge < -0.3 is 5.73 Å². The van der Waals surface area contributed by atoms with Crippen LogP contribution in [0.15, 0.2) is 18.3 Å². The Hall–Kier alpha value is -0.890. The predicted molar refractivity (Wildman–Crippen MR) is 59.1 cm³/mol. The van der Waals surface area contributed by atoms with Crippen molar-refractivity contribution in [2.24, 2.45) is 5.41 Å². The molecular formula is C13H19N2+. The maximum atomic E-state index is 4.52. The second-order valence-corrected chi connectivity index (χ2v) is 5.19. The number of aromatic nitrogens is 1. The lowest BCUT2D eigenvalue weighted by Crippen LogP contribution is -2.60. The average molecular weight is 203 g/mol. The van der Waals surface area contributed by atoms with Crippen molar-refractivity contribution in [3.8, 4) is 0 Å². The Labute approximate surface area is 90.9 Å². The molecule has 1 aromatic rings. The molecule has 0 aromatic carbocycles. The molecule has 0 amide bonds. The maximum Gasteiger partial charge on any atom is 0.118 e. The number of hydrogen-bond donors (Lipinski definition) is 1. The van der Waals surface area contributed by atoms with E-state index in [1.807, 2.05) is 6.20 Å². The van der Waals surface area contributed by atoms with Crippen LogP contribution in [0.1, 0.15) is 49.4 Å². The second-order valence-electron chi connectivity index (χ2n) is 5.19. The molecule has 1 aromatic heterocycles. The number of fused-ring (bicyclic) bond motifs is 1. The lowest BCUT2D eigenvalue weighted by atomic mass is 9.70. The minimum atomic E-state index is 0.467. The van der Waals surface area contributed by atoms with Crippen LogP contribution in [0, 0.1) is 5.41 Å². The minimum Gasteiger partial charge on any atom is -0.351 e. The summed E-state index contributed by atoms with van der Waals surface area (Å²) in [6.45, 7) is 0. The molecule has 1 unspecified atom stereocenters. The number of quaternary nitrogens is 1. The topological polar surface area (TPSA) is 40.5 Å². The van der Waals surface area contributed by atoms with Crippen LogP contribution >= 0.6 is 0 Å². The van der Waals surface area contributed by atoms with E-state index in [0.717, 1.165) is 0 Å². The van der Waals surface area contributed by atoms with Crippen LogP contribution in [0.3, 0.4) is 0 Å². The molecule has 0 radical (unpaired) electrons. The van der Waals surface area contributed by atoms with Crippen LogP contribution in [0.25, 0.3) is 0 Å². The lowest BCUT2D eigenvalue weighted by Gasteiger charge is -2.34. The first-order valence-electron chi connectivity index (χ1n) is 6.09. The Bertz CT molecular complexity index is 367. The van der Waals surface area contributed by atoms with Gasteiger partial charge in [-0.1, -0.05) is 19.3 Å². The van der Waals surface area contributed by atoms with Crippen molar-refractivity contribution in [3.05, 3.63) is 29.6 Å². The fraction of sp³-hybridized carbons (Fsp3) is 0.615. The van der Waals surface area contributed by atoms with E-state index in [4.69, 9.17) is 0 Å². The molecule has 15 heavy (non-hydrogen) atoms. The summed E-state index contributed by atoms with van der Waals surface area (Å²) in [5.41, 5.74) is 7.62. The smallest absolute Gasteiger partial charge is 0.118 e. The molecule has 2 nitrogen and oxygen atoms in total. The molecule has 1 atom stereocenters. The molecule has 2 aliphatic carbocycles. The fourth-order valence-corrected chi connectivity index (χ4v) is 3.48. The van der Waals surface area contributed by atoms with Gasteiger partial charge in [0.1, 0.15) is 6.04 Å². The molecule has 0 aliphatic heterocycles. The Balaban J connectivity index is 1.98. The molecule has 2 aliphatic rings. The minimum absolute atomic E-state index is 0.467. The SMILES string of the molecule is [NH3+]C1c2cccnc2CC12CCCCC2. The van der Waals surface area contributed by atoms with Gasteiger partial charge in [0.25, 0.3) is 0 Å². The van der Waals surface area contributed by atoms with Gasteiger partial charge in [-0.3, -0.25) is 4.98 Å². The molecule has 0 bridgehead atoms. The zero-order valence-electron chi connectivity index (χ0n) is 9.21. The molecule has 1 heterocycles. The van der Waals surface area contributed by atoms with Crippen LogP contribution in [-0.2, 0) is 6.42 Å². The van der Waals surface area contributed by atoms with Crippen molar-refractivity contribution in [1.82, 2.24) is 4.98 Å². The number of rotatable bonds is 0. The van der Waals surface area contributed by atoms with Gasteiger partial charge >= 0.3 is 0 Å². The third kappa shape index (κ3) is 1.31. The van der Waals surface area contributed by atoms with Gasteiger partial charge in [-0.15, -0.1) is 0 Å². The van der Waals surface area contributed by atoms with Crippen LogP contribution in [-0.4, -0.2) is 4.98 Å². The number of pyridine rings is 1. The molecule has 1 fully saturated rings. The van der Waals surface area contributed by atoms with Gasteiger partial charge in [0.05, 0.1) is 5.69 Å². The monoisotopic (exact) mass is 203 g/mol. The van der Waals surface area contributed by atoms with E-state index in [9.17, 15) is 0 Å². The van der Waals surface area contributed by atoms with Crippen molar-refractivity contribution in [2.75, 3.05) is 0 Å². The van der Waals surface area contributed by atoms with Gasteiger partial charge in [0, 0.05) is 23.6 Å². The van der Waals surface area contributed by atoms with Crippen LogP contribution in [0.4, 0.5) is 0 Å². The predicted octanol–water partition coefficient (Wildman–Crippen LogP) is 1.87. The zero-order valence-corrected chi connectivity index (χ0v) is 9.21. The number of nitrogens with zero attached hydrogens (tertiary/aromatic N) is 1. The van der Waals surface area contributed by atoms with E-state index in [1.54, 1.807) is 0 Å². The molecule has 3 rings (SSSR count). The Morgan fingerprint density at radius 2 is 2.07 bits per heavy atom. The molecule has 2 heteroatoms. The molecule has 0 saturated heterocycles. The number of hydrogen-bond acceptors (Lipinski definition) is 1. The zero-order chi connectivity index (χ0) is 10.3. The third-order valence-corrected chi connectivity index (χ3v) is 4.41. The van der Waals surface area contributed by atoms with Crippen LogP contribution in [0.5, 0.6) is 0 Å². The van der Waals surface area contributed by atoms with Gasteiger partial charge in [0.15, 0.2) is 0 Å². The highest BCUT2D eigenvalue weighted by Gasteiger charge is 2.47. The summed E-state index contributed by atoms with van der Waals surface area (Å²) in [7, 11) is 0. The first-order chi connectivity index (χ1) is 7.32. The van der Waals surface area contributed by atoms with E-state index in [1.165, 1.54) is 49.8 Å². The first kappa shape index (κ1) is 9.34. The van der Waals surface area contributed by atoms with Crippen LogP contribution in [0.2, 0.25) is 0 Å². The van der Waals surface area contributed by atoms with Crippen molar-refractivity contribution in [3.63, 3.8) is 0 Å². The van der Waals surface area contributed by atoms with Crippen molar-refractivity contribution >= 4 is 0 Å². The highest BCUT2D eigenvalue weighted by molar-refractivity contribution is 5.31. The highest BCUT2D eigenvalue weighted by atomic mass is 14.8. The lowest BCUT2D eigenvalue weighted by molar-refractivity contribution is -0.454. The van der Waals surface area contributed by atoms with E-state index in [2.05, 4.69) is 22.9 Å². The highest BCUT2D eigenvalue weighted by Crippen LogP contribution is 2.51. The maximum absolute atomic E-state index is 4.52. The van der Waals surface area contributed by atoms with Gasteiger partial charge in [-0.2, -0.15) is 0 Å². The first-order valence-corrected chi connectivity index (χ1v) is 6.09. The van der Waals surface area contributed by atoms with E-state index >= 15 is 0 Å².